The molecule has 4 rings (SSSR count). The van der Waals surface area contributed by atoms with E-state index in [1.807, 2.05) is 45.0 Å². The lowest BCUT2D eigenvalue weighted by atomic mass is 10.1. The summed E-state index contributed by atoms with van der Waals surface area (Å²) in [6.07, 6.45) is 1.10. The van der Waals surface area contributed by atoms with E-state index in [4.69, 9.17) is 14.7 Å². The number of nitrogens with zero attached hydrogens (tertiary/aromatic N) is 3. The smallest absolute Gasteiger partial charge is 0.410 e. The monoisotopic (exact) mass is 459 g/mol. The van der Waals surface area contributed by atoms with Crippen LogP contribution in [0.15, 0.2) is 48.5 Å². The van der Waals surface area contributed by atoms with E-state index in [9.17, 15) is 4.79 Å². The van der Waals surface area contributed by atoms with E-state index in [1.165, 1.54) is 11.1 Å². The molecule has 2 N–H and O–H groups in total. The predicted molar refractivity (Wildman–Crippen MR) is 137 cm³/mol. The van der Waals surface area contributed by atoms with Crippen LogP contribution in [0.5, 0.6) is 0 Å². The Morgan fingerprint density at radius 3 is 2.56 bits per heavy atom. The number of fused-ring (bicyclic) bond motifs is 3. The molecule has 0 unspecified atom stereocenters. The van der Waals surface area contributed by atoms with Crippen LogP contribution < -0.4 is 5.32 Å². The average Bonchev–Trinajstić information content (AvgIpc) is 3.16. The summed E-state index contributed by atoms with van der Waals surface area (Å²) >= 11 is 0. The van der Waals surface area contributed by atoms with Gasteiger partial charge in [-0.05, 0) is 51.3 Å². The van der Waals surface area contributed by atoms with Gasteiger partial charge in [0.25, 0.3) is 0 Å². The second-order valence-electron chi connectivity index (χ2n) is 9.68. The number of aromatic nitrogens is 3. The molecule has 1 amide bonds. The number of nitrogens with one attached hydrogen (secondary N) is 2. The quantitative estimate of drug-likeness (QED) is 0.348. The van der Waals surface area contributed by atoms with E-state index in [0.717, 1.165) is 40.0 Å². The van der Waals surface area contributed by atoms with Gasteiger partial charge in [-0.1, -0.05) is 42.5 Å². The molecule has 4 aromatic rings. The lowest BCUT2D eigenvalue weighted by Crippen LogP contribution is -2.35. The van der Waals surface area contributed by atoms with E-state index in [1.54, 1.807) is 11.9 Å². The molecule has 0 atom stereocenters. The van der Waals surface area contributed by atoms with Crippen LogP contribution in [0.25, 0.3) is 21.9 Å². The van der Waals surface area contributed by atoms with Gasteiger partial charge in [-0.25, -0.2) is 14.8 Å². The highest BCUT2D eigenvalue weighted by Gasteiger charge is 2.19. The number of amides is 1. The third-order valence-corrected chi connectivity index (χ3v) is 5.60. The zero-order valence-electron chi connectivity index (χ0n) is 20.6. The SMILES string of the molecule is Cc1cccc2[nH]c3nc(Cc4ccccc4)nc(NCCCN(C)C(=O)OC(C)(C)C)c3c12. The molecular weight excluding hydrogens is 426 g/mol. The van der Waals surface area contributed by atoms with Gasteiger partial charge in [0.15, 0.2) is 0 Å². The summed E-state index contributed by atoms with van der Waals surface area (Å²) in [5, 5.41) is 5.65. The summed E-state index contributed by atoms with van der Waals surface area (Å²) in [5.74, 6) is 1.58. The Balaban J connectivity index is 1.56. The predicted octanol–water partition coefficient (Wildman–Crippen LogP) is 5.68. The molecule has 0 spiro atoms. The molecule has 7 nitrogen and oxygen atoms in total. The van der Waals surface area contributed by atoms with Crippen molar-refractivity contribution in [3.8, 4) is 0 Å². The number of rotatable bonds is 7. The standard InChI is InChI=1S/C27H33N5O2/c1-18-11-9-14-20-22(18)23-24(28-15-10-16-32(5)26(33)34-27(2,3)4)30-21(31-25(23)29-20)17-19-12-7-6-8-13-19/h6-9,11-14H,10,15-17H2,1-5H3,(H2,28,29,30,31). The second kappa shape index (κ2) is 9.71. The maximum absolute atomic E-state index is 12.2. The van der Waals surface area contributed by atoms with Crippen molar-refractivity contribution in [3.05, 3.63) is 65.5 Å². The highest BCUT2D eigenvalue weighted by molar-refractivity contribution is 6.12. The van der Waals surface area contributed by atoms with Crippen molar-refractivity contribution in [1.82, 2.24) is 19.9 Å². The average molecular weight is 460 g/mol. The number of hydrogen-bond acceptors (Lipinski definition) is 5. The highest BCUT2D eigenvalue weighted by Crippen LogP contribution is 2.32. The van der Waals surface area contributed by atoms with Crippen molar-refractivity contribution in [2.45, 2.75) is 46.1 Å². The van der Waals surface area contributed by atoms with Gasteiger partial charge in [0.1, 0.15) is 22.9 Å². The third-order valence-electron chi connectivity index (χ3n) is 5.60. The Labute approximate surface area is 200 Å². The van der Waals surface area contributed by atoms with Gasteiger partial charge in [0, 0.05) is 37.5 Å². The molecule has 2 heterocycles. The Bertz CT molecular complexity index is 1290. The van der Waals surface area contributed by atoms with Crippen molar-refractivity contribution in [3.63, 3.8) is 0 Å². The van der Waals surface area contributed by atoms with E-state index in [0.29, 0.717) is 19.5 Å². The van der Waals surface area contributed by atoms with Crippen LogP contribution >= 0.6 is 0 Å². The number of carbonyl (C=O) groups excluding carboxylic acids is 1. The van der Waals surface area contributed by atoms with Gasteiger partial charge in [-0.3, -0.25) is 0 Å². The van der Waals surface area contributed by atoms with Crippen LogP contribution in [0.4, 0.5) is 10.6 Å². The normalized spacial score (nSPS) is 11.7. The van der Waals surface area contributed by atoms with Crippen LogP contribution in [0.1, 0.15) is 44.1 Å². The number of benzene rings is 2. The van der Waals surface area contributed by atoms with Crippen LogP contribution in [-0.4, -0.2) is 51.7 Å². The van der Waals surface area contributed by atoms with Crippen molar-refractivity contribution in [2.75, 3.05) is 25.5 Å². The molecular formula is C27H33N5O2. The summed E-state index contributed by atoms with van der Waals surface area (Å²) in [5.41, 5.74) is 3.72. The number of aryl methyl sites for hydroxylation is 1. The first-order chi connectivity index (χ1) is 16.2. The lowest BCUT2D eigenvalue weighted by molar-refractivity contribution is 0.0298. The first-order valence-corrected chi connectivity index (χ1v) is 11.7. The van der Waals surface area contributed by atoms with Gasteiger partial charge in [-0.2, -0.15) is 0 Å². The highest BCUT2D eigenvalue weighted by atomic mass is 16.6. The first kappa shape index (κ1) is 23.5. The number of aromatic amines is 1. The number of carbonyl (C=O) groups is 1. The van der Waals surface area contributed by atoms with Crippen molar-refractivity contribution in [1.29, 1.82) is 0 Å². The molecule has 0 fully saturated rings. The Morgan fingerprint density at radius 1 is 1.06 bits per heavy atom. The van der Waals surface area contributed by atoms with E-state index in [-0.39, 0.29) is 6.09 Å². The zero-order valence-corrected chi connectivity index (χ0v) is 20.6. The fraction of sp³-hybridized carbons (Fsp3) is 0.370. The number of hydrogen-bond donors (Lipinski definition) is 2. The lowest BCUT2D eigenvalue weighted by Gasteiger charge is -2.24. The van der Waals surface area contributed by atoms with Gasteiger partial charge in [0.2, 0.25) is 0 Å². The minimum atomic E-state index is -0.501. The Morgan fingerprint density at radius 2 is 1.82 bits per heavy atom. The molecule has 0 saturated carbocycles. The minimum absolute atomic E-state index is 0.311. The molecule has 0 bridgehead atoms. The van der Waals surface area contributed by atoms with Crippen molar-refractivity contribution in [2.24, 2.45) is 0 Å². The molecule has 0 saturated heterocycles. The second-order valence-corrected chi connectivity index (χ2v) is 9.68. The van der Waals surface area contributed by atoms with E-state index in [2.05, 4.69) is 41.5 Å². The molecule has 2 aromatic carbocycles. The molecule has 0 aliphatic heterocycles. The Hall–Kier alpha value is -3.61. The molecule has 0 radical (unpaired) electrons. The van der Waals surface area contributed by atoms with Crippen LogP contribution in [-0.2, 0) is 11.2 Å². The zero-order chi connectivity index (χ0) is 24.3. The number of anilines is 1. The van der Waals surface area contributed by atoms with Crippen molar-refractivity contribution >= 4 is 33.8 Å². The van der Waals surface area contributed by atoms with Gasteiger partial charge in [-0.15, -0.1) is 0 Å². The Kier molecular flexibility index (Phi) is 6.72. The van der Waals surface area contributed by atoms with Gasteiger partial charge >= 0.3 is 6.09 Å². The number of ether oxygens (including phenoxy) is 1. The summed E-state index contributed by atoms with van der Waals surface area (Å²) in [4.78, 5) is 27.1. The summed E-state index contributed by atoms with van der Waals surface area (Å²) in [6.45, 7) is 8.97. The maximum atomic E-state index is 12.2. The van der Waals surface area contributed by atoms with Gasteiger partial charge < -0.3 is 19.9 Å². The van der Waals surface area contributed by atoms with E-state index >= 15 is 0 Å². The van der Waals surface area contributed by atoms with Crippen LogP contribution in [0.3, 0.4) is 0 Å². The fourth-order valence-corrected chi connectivity index (χ4v) is 4.01. The van der Waals surface area contributed by atoms with Crippen molar-refractivity contribution < 1.29 is 9.53 Å². The summed E-state index contributed by atoms with van der Waals surface area (Å²) in [6, 6.07) is 16.5. The summed E-state index contributed by atoms with van der Waals surface area (Å²) in [7, 11) is 1.76. The van der Waals surface area contributed by atoms with Crippen LogP contribution in [0.2, 0.25) is 0 Å². The van der Waals surface area contributed by atoms with Gasteiger partial charge in [0.05, 0.1) is 5.39 Å². The number of H-pyrrole nitrogens is 1. The minimum Gasteiger partial charge on any atom is -0.444 e. The largest absolute Gasteiger partial charge is 0.444 e. The molecule has 34 heavy (non-hydrogen) atoms. The first-order valence-electron chi connectivity index (χ1n) is 11.7. The van der Waals surface area contributed by atoms with E-state index < -0.39 is 5.60 Å². The summed E-state index contributed by atoms with van der Waals surface area (Å²) < 4.78 is 5.44. The molecule has 178 valence electrons. The van der Waals surface area contributed by atoms with Crippen LogP contribution in [0, 0.1) is 6.92 Å². The molecule has 7 heteroatoms. The molecule has 2 aromatic heterocycles. The maximum Gasteiger partial charge on any atom is 0.410 e. The topological polar surface area (TPSA) is 83.1 Å². The third kappa shape index (κ3) is 5.47. The molecule has 0 aliphatic carbocycles. The molecule has 0 aliphatic rings. The fourth-order valence-electron chi connectivity index (χ4n) is 4.01.